The average Bonchev–Trinajstić information content (AvgIpc) is 2.25. The Morgan fingerprint density at radius 1 is 1.53 bits per heavy atom. The van der Waals surface area contributed by atoms with Crippen molar-refractivity contribution in [1.29, 1.82) is 0 Å². The van der Waals surface area contributed by atoms with Crippen molar-refractivity contribution >= 4 is 5.91 Å². The Hall–Kier alpha value is -1.51. The number of ether oxygens (including phenoxy) is 1. The van der Waals surface area contributed by atoms with E-state index in [1.54, 1.807) is 7.05 Å². The van der Waals surface area contributed by atoms with E-state index in [1.807, 2.05) is 38.1 Å². The monoisotopic (exact) mass is 207 g/mol. The third-order valence-electron chi connectivity index (χ3n) is 2.18. The fourth-order valence-electron chi connectivity index (χ4n) is 1.34. The molecule has 0 aromatic heterocycles. The van der Waals surface area contributed by atoms with Gasteiger partial charge < -0.3 is 10.1 Å². The van der Waals surface area contributed by atoms with Gasteiger partial charge in [0.25, 0.3) is 5.91 Å². The maximum Gasteiger partial charge on any atom is 0.260 e. The minimum atomic E-state index is -0.406. The number of amides is 1. The van der Waals surface area contributed by atoms with Crippen LogP contribution in [0.25, 0.3) is 0 Å². The van der Waals surface area contributed by atoms with Crippen molar-refractivity contribution in [3.63, 3.8) is 0 Å². The van der Waals surface area contributed by atoms with Crippen molar-refractivity contribution < 1.29 is 9.53 Å². The van der Waals surface area contributed by atoms with Gasteiger partial charge in [0, 0.05) is 7.05 Å². The Morgan fingerprint density at radius 3 is 2.80 bits per heavy atom. The maximum absolute atomic E-state index is 11.4. The molecule has 1 N–H and O–H groups in total. The molecule has 1 aromatic rings. The zero-order valence-electron chi connectivity index (χ0n) is 9.41. The van der Waals surface area contributed by atoms with Gasteiger partial charge in [-0.3, -0.25) is 4.79 Å². The first kappa shape index (κ1) is 11.6. The molecular weight excluding hydrogens is 190 g/mol. The predicted octanol–water partition coefficient (Wildman–Crippen LogP) is 1.90. The Bertz CT molecular complexity index is 336. The molecule has 3 heteroatoms. The number of carbonyl (C=O) groups is 1. The average molecular weight is 207 g/mol. The van der Waals surface area contributed by atoms with Crippen molar-refractivity contribution in [2.45, 2.75) is 26.4 Å². The van der Waals surface area contributed by atoms with Crippen LogP contribution in [0.2, 0.25) is 0 Å². The van der Waals surface area contributed by atoms with Gasteiger partial charge in [-0.05, 0) is 31.0 Å². The van der Waals surface area contributed by atoms with Crippen LogP contribution in [0.4, 0.5) is 0 Å². The molecule has 3 nitrogen and oxygen atoms in total. The van der Waals surface area contributed by atoms with Gasteiger partial charge in [-0.25, -0.2) is 0 Å². The number of nitrogens with one attached hydrogen (secondary N) is 1. The van der Waals surface area contributed by atoms with Crippen LogP contribution in [0.3, 0.4) is 0 Å². The molecule has 82 valence electrons. The van der Waals surface area contributed by atoms with Crippen LogP contribution in [0.1, 0.15) is 18.9 Å². The first-order chi connectivity index (χ1) is 7.17. The smallest absolute Gasteiger partial charge is 0.260 e. The van der Waals surface area contributed by atoms with E-state index < -0.39 is 6.10 Å². The molecule has 0 aliphatic heterocycles. The lowest BCUT2D eigenvalue weighted by Gasteiger charge is -2.16. The van der Waals surface area contributed by atoms with E-state index in [9.17, 15) is 4.79 Å². The molecule has 1 amide bonds. The second-order valence-electron chi connectivity index (χ2n) is 3.45. The Balaban J connectivity index is 2.70. The van der Waals surface area contributed by atoms with Crippen molar-refractivity contribution in [2.75, 3.05) is 7.05 Å². The molecule has 1 aromatic carbocycles. The van der Waals surface area contributed by atoms with Crippen LogP contribution < -0.4 is 10.1 Å². The number of likely N-dealkylation sites (N-methyl/N-ethyl adjacent to an activating group) is 1. The number of benzene rings is 1. The summed E-state index contributed by atoms with van der Waals surface area (Å²) >= 11 is 0. The highest BCUT2D eigenvalue weighted by molar-refractivity contribution is 5.80. The van der Waals surface area contributed by atoms with Crippen molar-refractivity contribution in [2.24, 2.45) is 0 Å². The molecule has 0 aliphatic rings. The second kappa shape index (κ2) is 5.39. The highest BCUT2D eigenvalue weighted by Crippen LogP contribution is 2.15. The fraction of sp³-hybridized carbons (Fsp3) is 0.417. The van der Waals surface area contributed by atoms with Gasteiger partial charge in [0.2, 0.25) is 0 Å². The molecule has 0 saturated carbocycles. The van der Waals surface area contributed by atoms with E-state index in [2.05, 4.69) is 5.32 Å². The van der Waals surface area contributed by atoms with Crippen LogP contribution >= 0.6 is 0 Å². The van der Waals surface area contributed by atoms with Crippen LogP contribution in [0.5, 0.6) is 5.75 Å². The number of carbonyl (C=O) groups excluding carboxylic acids is 1. The van der Waals surface area contributed by atoms with Crippen LogP contribution in [0.15, 0.2) is 24.3 Å². The molecule has 0 radical (unpaired) electrons. The van der Waals surface area contributed by atoms with Gasteiger partial charge >= 0.3 is 0 Å². The molecule has 1 atom stereocenters. The van der Waals surface area contributed by atoms with E-state index in [0.717, 1.165) is 11.3 Å². The van der Waals surface area contributed by atoms with Crippen LogP contribution in [0, 0.1) is 6.92 Å². The molecule has 0 aliphatic carbocycles. The summed E-state index contributed by atoms with van der Waals surface area (Å²) in [5.41, 5.74) is 1.12. The molecule has 0 spiro atoms. The minimum absolute atomic E-state index is 0.0843. The summed E-state index contributed by atoms with van der Waals surface area (Å²) in [7, 11) is 1.62. The summed E-state index contributed by atoms with van der Waals surface area (Å²) < 4.78 is 5.59. The van der Waals surface area contributed by atoms with Gasteiger partial charge in [0.1, 0.15) is 5.75 Å². The molecule has 0 saturated heterocycles. The summed E-state index contributed by atoms with van der Waals surface area (Å²) in [6.45, 7) is 3.92. The molecule has 0 bridgehead atoms. The van der Waals surface area contributed by atoms with Crippen molar-refractivity contribution in [3.8, 4) is 5.75 Å². The molecule has 1 rings (SSSR count). The normalized spacial score (nSPS) is 11.9. The number of hydrogen-bond donors (Lipinski definition) is 1. The quantitative estimate of drug-likeness (QED) is 0.819. The Morgan fingerprint density at radius 2 is 2.27 bits per heavy atom. The first-order valence-electron chi connectivity index (χ1n) is 5.12. The number of rotatable bonds is 4. The first-order valence-corrected chi connectivity index (χ1v) is 5.12. The Labute approximate surface area is 90.4 Å². The van der Waals surface area contributed by atoms with E-state index in [0.29, 0.717) is 6.42 Å². The summed E-state index contributed by atoms with van der Waals surface area (Å²) in [6.07, 6.45) is 0.255. The van der Waals surface area contributed by atoms with E-state index in [1.165, 1.54) is 0 Å². The van der Waals surface area contributed by atoms with Gasteiger partial charge in [-0.15, -0.1) is 0 Å². The molecule has 0 heterocycles. The number of aryl methyl sites for hydroxylation is 1. The van der Waals surface area contributed by atoms with Crippen molar-refractivity contribution in [1.82, 2.24) is 5.32 Å². The van der Waals surface area contributed by atoms with Crippen molar-refractivity contribution in [3.05, 3.63) is 29.8 Å². The highest BCUT2D eigenvalue weighted by Gasteiger charge is 2.16. The topological polar surface area (TPSA) is 38.3 Å². The maximum atomic E-state index is 11.4. The van der Waals surface area contributed by atoms with E-state index in [4.69, 9.17) is 4.74 Å². The fourth-order valence-corrected chi connectivity index (χ4v) is 1.34. The zero-order chi connectivity index (χ0) is 11.3. The van der Waals surface area contributed by atoms with Gasteiger partial charge in [-0.1, -0.05) is 19.1 Å². The molecule has 0 fully saturated rings. The highest BCUT2D eigenvalue weighted by atomic mass is 16.5. The summed E-state index contributed by atoms with van der Waals surface area (Å²) in [6, 6.07) is 7.69. The lowest BCUT2D eigenvalue weighted by molar-refractivity contribution is -0.127. The molecule has 0 unspecified atom stereocenters. The lowest BCUT2D eigenvalue weighted by atomic mass is 10.2. The third kappa shape index (κ3) is 3.27. The predicted molar refractivity (Wildman–Crippen MR) is 60.0 cm³/mol. The summed E-state index contributed by atoms with van der Waals surface area (Å²) in [5.74, 6) is 0.657. The SMILES string of the molecule is CC[C@@H](Oc1cccc(C)c1)C(=O)NC. The van der Waals surface area contributed by atoms with Crippen LogP contribution in [-0.2, 0) is 4.79 Å². The van der Waals surface area contributed by atoms with E-state index in [-0.39, 0.29) is 5.91 Å². The zero-order valence-corrected chi connectivity index (χ0v) is 9.41. The minimum Gasteiger partial charge on any atom is -0.481 e. The second-order valence-corrected chi connectivity index (χ2v) is 3.45. The van der Waals surface area contributed by atoms with Crippen LogP contribution in [-0.4, -0.2) is 19.1 Å². The Kier molecular flexibility index (Phi) is 4.16. The van der Waals surface area contributed by atoms with E-state index >= 15 is 0 Å². The number of hydrogen-bond acceptors (Lipinski definition) is 2. The largest absolute Gasteiger partial charge is 0.481 e. The summed E-state index contributed by atoms with van der Waals surface area (Å²) in [4.78, 5) is 11.4. The third-order valence-corrected chi connectivity index (χ3v) is 2.18. The van der Waals surface area contributed by atoms with Gasteiger partial charge in [0.15, 0.2) is 6.10 Å². The lowest BCUT2D eigenvalue weighted by Crippen LogP contribution is -2.35. The molecule has 15 heavy (non-hydrogen) atoms. The summed E-state index contributed by atoms with van der Waals surface area (Å²) in [5, 5.41) is 2.59. The van der Waals surface area contributed by atoms with Gasteiger partial charge in [-0.2, -0.15) is 0 Å². The standard InChI is InChI=1S/C12H17NO2/c1-4-11(12(14)13-3)15-10-7-5-6-9(2)8-10/h5-8,11H,4H2,1-3H3,(H,13,14)/t11-/m1/s1. The van der Waals surface area contributed by atoms with Gasteiger partial charge in [0.05, 0.1) is 0 Å². The molecular formula is C12H17NO2.